The first-order valence-corrected chi connectivity index (χ1v) is 8.03. The van der Waals surface area contributed by atoms with Crippen molar-refractivity contribution in [3.8, 4) is 5.75 Å². The van der Waals surface area contributed by atoms with Crippen molar-refractivity contribution >= 4 is 45.1 Å². The molecular formula is C17H13ClN2O2S. The van der Waals surface area contributed by atoms with Crippen molar-refractivity contribution in [3.63, 3.8) is 0 Å². The zero-order valence-corrected chi connectivity index (χ0v) is 13.8. The zero-order valence-electron chi connectivity index (χ0n) is 12.2. The fourth-order valence-corrected chi connectivity index (χ4v) is 3.50. The molecule has 0 saturated heterocycles. The number of methoxy groups -OCH3 is 1. The summed E-state index contributed by atoms with van der Waals surface area (Å²) < 4.78 is 6.11. The number of hydrogen-bond donors (Lipinski definition) is 1. The van der Waals surface area contributed by atoms with Crippen LogP contribution in [0.25, 0.3) is 10.1 Å². The highest BCUT2D eigenvalue weighted by molar-refractivity contribution is 7.21. The Kier molecular flexibility index (Phi) is 4.60. The second-order valence-electron chi connectivity index (χ2n) is 4.72. The van der Waals surface area contributed by atoms with E-state index in [0.29, 0.717) is 9.90 Å². The lowest BCUT2D eigenvalue weighted by Crippen LogP contribution is -2.16. The van der Waals surface area contributed by atoms with E-state index in [2.05, 4.69) is 10.5 Å². The lowest BCUT2D eigenvalue weighted by molar-refractivity contribution is 0.0959. The minimum absolute atomic E-state index is 0.324. The predicted octanol–water partition coefficient (Wildman–Crippen LogP) is 4.33. The normalized spacial score (nSPS) is 11.0. The van der Waals surface area contributed by atoms with E-state index in [-0.39, 0.29) is 5.91 Å². The summed E-state index contributed by atoms with van der Waals surface area (Å²) >= 11 is 7.62. The van der Waals surface area contributed by atoms with Gasteiger partial charge in [-0.25, -0.2) is 5.43 Å². The van der Waals surface area contributed by atoms with Crippen LogP contribution in [0.5, 0.6) is 5.75 Å². The molecule has 3 aromatic rings. The number of amides is 1. The first-order valence-electron chi connectivity index (χ1n) is 6.83. The molecule has 2 aromatic carbocycles. The topological polar surface area (TPSA) is 50.7 Å². The molecule has 0 unspecified atom stereocenters. The fourth-order valence-electron chi connectivity index (χ4n) is 2.10. The van der Waals surface area contributed by atoms with Crippen LogP contribution in [0.15, 0.2) is 53.6 Å². The number of rotatable bonds is 4. The molecule has 0 fully saturated rings. The van der Waals surface area contributed by atoms with E-state index >= 15 is 0 Å². The van der Waals surface area contributed by atoms with Gasteiger partial charge >= 0.3 is 0 Å². The van der Waals surface area contributed by atoms with Crippen LogP contribution in [0.3, 0.4) is 0 Å². The Morgan fingerprint density at radius 1 is 1.26 bits per heavy atom. The molecule has 23 heavy (non-hydrogen) atoms. The number of hydrogen-bond acceptors (Lipinski definition) is 4. The second kappa shape index (κ2) is 6.81. The number of ether oxygens (including phenoxy) is 1. The predicted molar refractivity (Wildman–Crippen MR) is 94.9 cm³/mol. The molecule has 4 nitrogen and oxygen atoms in total. The summed E-state index contributed by atoms with van der Waals surface area (Å²) in [7, 11) is 1.60. The van der Waals surface area contributed by atoms with E-state index in [1.165, 1.54) is 11.3 Å². The highest BCUT2D eigenvalue weighted by Crippen LogP contribution is 2.34. The molecule has 0 saturated carbocycles. The number of thiophene rings is 1. The maximum absolute atomic E-state index is 12.2. The van der Waals surface area contributed by atoms with E-state index in [4.69, 9.17) is 16.3 Å². The summed E-state index contributed by atoms with van der Waals surface area (Å²) in [4.78, 5) is 12.7. The van der Waals surface area contributed by atoms with Gasteiger partial charge in [-0.05, 0) is 23.8 Å². The number of carbonyl (C=O) groups excluding carboxylic acids is 1. The largest absolute Gasteiger partial charge is 0.497 e. The molecule has 6 heteroatoms. The van der Waals surface area contributed by atoms with Crippen molar-refractivity contribution < 1.29 is 9.53 Å². The third kappa shape index (κ3) is 3.36. The van der Waals surface area contributed by atoms with E-state index in [9.17, 15) is 4.79 Å². The molecule has 0 bridgehead atoms. The van der Waals surface area contributed by atoms with Gasteiger partial charge in [-0.2, -0.15) is 5.10 Å². The molecule has 0 aliphatic rings. The van der Waals surface area contributed by atoms with Crippen LogP contribution in [0.4, 0.5) is 0 Å². The standard InChI is InChI=1S/C17H13ClN2O2S/c1-22-12-6-4-5-11(9-12)10-19-20-17(21)16-15(18)13-7-2-3-8-14(13)23-16/h2-10H,1H3,(H,20,21). The van der Waals surface area contributed by atoms with Crippen LogP contribution >= 0.6 is 22.9 Å². The first-order chi connectivity index (χ1) is 11.2. The quantitative estimate of drug-likeness (QED) is 0.565. The smallest absolute Gasteiger partial charge is 0.283 e. The summed E-state index contributed by atoms with van der Waals surface area (Å²) in [5.74, 6) is 0.406. The molecule has 0 spiro atoms. The summed E-state index contributed by atoms with van der Waals surface area (Å²) in [5.41, 5.74) is 3.33. The third-order valence-electron chi connectivity index (χ3n) is 3.21. The van der Waals surface area contributed by atoms with Gasteiger partial charge < -0.3 is 4.74 Å². The molecule has 1 aromatic heterocycles. The molecule has 0 aliphatic heterocycles. The molecule has 1 N–H and O–H groups in total. The van der Waals surface area contributed by atoms with Gasteiger partial charge in [-0.1, -0.05) is 41.9 Å². The number of halogens is 1. The molecule has 1 amide bonds. The van der Waals surface area contributed by atoms with Gasteiger partial charge in [-0.3, -0.25) is 4.79 Å². The second-order valence-corrected chi connectivity index (χ2v) is 6.15. The maximum atomic E-state index is 12.2. The number of fused-ring (bicyclic) bond motifs is 1. The molecule has 3 rings (SSSR count). The Morgan fingerprint density at radius 2 is 2.09 bits per heavy atom. The Morgan fingerprint density at radius 3 is 2.87 bits per heavy atom. The monoisotopic (exact) mass is 344 g/mol. The number of nitrogens with one attached hydrogen (secondary N) is 1. The molecule has 116 valence electrons. The molecular weight excluding hydrogens is 332 g/mol. The average molecular weight is 345 g/mol. The molecule has 0 aliphatic carbocycles. The minimum Gasteiger partial charge on any atom is -0.497 e. The number of nitrogens with zero attached hydrogens (tertiary/aromatic N) is 1. The summed E-state index contributed by atoms with van der Waals surface area (Å²) in [5, 5.41) is 5.31. The van der Waals surface area contributed by atoms with Crippen molar-refractivity contribution in [2.24, 2.45) is 5.10 Å². The van der Waals surface area contributed by atoms with Crippen molar-refractivity contribution in [3.05, 3.63) is 64.0 Å². The van der Waals surface area contributed by atoms with E-state index < -0.39 is 0 Å². The summed E-state index contributed by atoms with van der Waals surface area (Å²) in [6, 6.07) is 15.0. The van der Waals surface area contributed by atoms with Gasteiger partial charge in [0.1, 0.15) is 10.6 Å². The van der Waals surface area contributed by atoms with Crippen molar-refractivity contribution in [2.75, 3.05) is 7.11 Å². The maximum Gasteiger partial charge on any atom is 0.283 e. The number of benzene rings is 2. The first kappa shape index (κ1) is 15.5. The fraction of sp³-hybridized carbons (Fsp3) is 0.0588. The highest BCUT2D eigenvalue weighted by atomic mass is 35.5. The van der Waals surface area contributed by atoms with Crippen molar-refractivity contribution in [1.82, 2.24) is 5.43 Å². The average Bonchev–Trinajstić information content (AvgIpc) is 2.92. The zero-order chi connectivity index (χ0) is 16.2. The van der Waals surface area contributed by atoms with Gasteiger partial charge in [0.25, 0.3) is 5.91 Å². The Hall–Kier alpha value is -2.37. The van der Waals surface area contributed by atoms with Crippen molar-refractivity contribution in [2.45, 2.75) is 0 Å². The lowest BCUT2D eigenvalue weighted by atomic mass is 10.2. The Labute approximate surface area is 142 Å². The van der Waals surface area contributed by atoms with Gasteiger partial charge in [0.2, 0.25) is 0 Å². The van der Waals surface area contributed by atoms with Crippen LogP contribution in [0, 0.1) is 0 Å². The van der Waals surface area contributed by atoms with Crippen molar-refractivity contribution in [1.29, 1.82) is 0 Å². The third-order valence-corrected chi connectivity index (χ3v) is 4.89. The molecule has 0 radical (unpaired) electrons. The van der Waals surface area contributed by atoms with Crippen LogP contribution in [-0.4, -0.2) is 19.2 Å². The Balaban J connectivity index is 1.75. The van der Waals surface area contributed by atoms with E-state index in [0.717, 1.165) is 21.4 Å². The van der Waals surface area contributed by atoms with Crippen LogP contribution in [0.2, 0.25) is 5.02 Å². The van der Waals surface area contributed by atoms with E-state index in [1.807, 2.05) is 48.5 Å². The van der Waals surface area contributed by atoms with Gasteiger partial charge in [0, 0.05) is 10.1 Å². The molecule has 0 atom stereocenters. The van der Waals surface area contributed by atoms with Gasteiger partial charge in [0.15, 0.2) is 0 Å². The van der Waals surface area contributed by atoms with Gasteiger partial charge in [0.05, 0.1) is 18.3 Å². The van der Waals surface area contributed by atoms with Gasteiger partial charge in [-0.15, -0.1) is 11.3 Å². The lowest BCUT2D eigenvalue weighted by Gasteiger charge is -2.00. The summed E-state index contributed by atoms with van der Waals surface area (Å²) in [6.07, 6.45) is 1.56. The minimum atomic E-state index is -0.324. The molecule has 1 heterocycles. The van der Waals surface area contributed by atoms with E-state index in [1.54, 1.807) is 13.3 Å². The number of hydrazone groups is 1. The van der Waals surface area contributed by atoms with Crippen LogP contribution in [0.1, 0.15) is 15.2 Å². The van der Waals surface area contributed by atoms with Crippen LogP contribution < -0.4 is 10.2 Å². The Bertz CT molecular complexity index is 889. The SMILES string of the molecule is COc1cccc(C=NNC(=O)c2sc3ccccc3c2Cl)c1. The highest BCUT2D eigenvalue weighted by Gasteiger charge is 2.16. The summed E-state index contributed by atoms with van der Waals surface area (Å²) in [6.45, 7) is 0. The number of carbonyl (C=O) groups is 1. The van der Waals surface area contributed by atoms with Crippen LogP contribution in [-0.2, 0) is 0 Å².